The fourth-order valence-electron chi connectivity index (χ4n) is 3.07. The number of fused-ring (bicyclic) bond motifs is 1. The van der Waals surface area contributed by atoms with Crippen LogP contribution in [0, 0.1) is 0 Å². The molecule has 0 saturated heterocycles. The summed E-state index contributed by atoms with van der Waals surface area (Å²) < 4.78 is 39.9. The molecule has 146 valence electrons. The zero-order chi connectivity index (χ0) is 20.8. The molecule has 28 heavy (non-hydrogen) atoms. The highest BCUT2D eigenvalue weighted by molar-refractivity contribution is 6.31. The van der Waals surface area contributed by atoms with Crippen molar-refractivity contribution in [3.63, 3.8) is 0 Å². The number of halogens is 4. The molecular weight excluding hydrogens is 397 g/mol. The van der Waals surface area contributed by atoms with E-state index in [-0.39, 0.29) is 11.2 Å². The van der Waals surface area contributed by atoms with Gasteiger partial charge in [-0.1, -0.05) is 23.7 Å². The maximum absolute atomic E-state index is 12.9. The molecule has 1 heterocycles. The van der Waals surface area contributed by atoms with E-state index in [4.69, 9.17) is 11.6 Å². The molecule has 3 rings (SSSR count). The molecule has 0 fully saturated rings. The molecule has 1 aromatic heterocycles. The molecule has 0 spiro atoms. The number of hydrogen-bond acceptors (Lipinski definition) is 2. The van der Waals surface area contributed by atoms with Crippen molar-refractivity contribution < 1.29 is 23.1 Å². The number of nitrogens with zero attached hydrogens (tertiary/aromatic N) is 2. The fraction of sp³-hybridized carbons (Fsp3) is 0.158. The summed E-state index contributed by atoms with van der Waals surface area (Å²) in [7, 11) is 2.65. The van der Waals surface area contributed by atoms with Gasteiger partial charge in [-0.3, -0.25) is 14.3 Å². The molecule has 0 aliphatic heterocycles. The zero-order valence-electron chi connectivity index (χ0n) is 14.7. The van der Waals surface area contributed by atoms with E-state index >= 15 is 0 Å². The molecule has 2 aromatic carbocycles. The second kappa shape index (κ2) is 6.87. The van der Waals surface area contributed by atoms with Crippen molar-refractivity contribution in [3.05, 3.63) is 63.4 Å². The van der Waals surface area contributed by atoms with Gasteiger partial charge < -0.3 is 5.11 Å². The van der Waals surface area contributed by atoms with Gasteiger partial charge in [0.1, 0.15) is 5.82 Å². The van der Waals surface area contributed by atoms with Crippen LogP contribution in [0.2, 0.25) is 5.02 Å². The molecule has 9 heteroatoms. The average molecular weight is 411 g/mol. The van der Waals surface area contributed by atoms with Crippen LogP contribution in [0.4, 0.5) is 23.8 Å². The first-order chi connectivity index (χ1) is 13.0. The minimum atomic E-state index is -4.51. The third-order valence-corrected chi connectivity index (χ3v) is 4.67. The minimum absolute atomic E-state index is 0.0204. The lowest BCUT2D eigenvalue weighted by atomic mass is 9.97. The molecule has 0 atom stereocenters. The molecular formula is C19H14ClF3N2O3. The largest absolute Gasteiger partial charge is 0.465 e. The van der Waals surface area contributed by atoms with Crippen LogP contribution in [0.1, 0.15) is 5.56 Å². The third-order valence-electron chi connectivity index (χ3n) is 4.43. The van der Waals surface area contributed by atoms with Crippen LogP contribution in [0.25, 0.3) is 21.9 Å². The summed E-state index contributed by atoms with van der Waals surface area (Å²) in [6.07, 6.45) is -5.83. The van der Waals surface area contributed by atoms with E-state index < -0.39 is 23.4 Å². The predicted molar refractivity (Wildman–Crippen MR) is 101 cm³/mol. The molecule has 3 aromatic rings. The van der Waals surface area contributed by atoms with Gasteiger partial charge in [0.25, 0.3) is 5.56 Å². The summed E-state index contributed by atoms with van der Waals surface area (Å²) >= 11 is 6.06. The number of pyridine rings is 1. The number of anilines is 1. The SMILES string of the molecule is CN(C(=O)O)c1c(-c2ccc(C(F)(F)F)cc2)c2cc(Cl)ccc2c(=O)n1C. The van der Waals surface area contributed by atoms with Gasteiger partial charge in [-0.25, -0.2) is 4.79 Å². The van der Waals surface area contributed by atoms with Gasteiger partial charge in [0.05, 0.1) is 5.56 Å². The first kappa shape index (κ1) is 19.8. The highest BCUT2D eigenvalue weighted by Crippen LogP contribution is 2.38. The monoisotopic (exact) mass is 410 g/mol. The van der Waals surface area contributed by atoms with Crippen LogP contribution in [0.5, 0.6) is 0 Å². The van der Waals surface area contributed by atoms with Crippen LogP contribution in [-0.4, -0.2) is 22.8 Å². The van der Waals surface area contributed by atoms with Crippen molar-refractivity contribution in [2.24, 2.45) is 7.05 Å². The topological polar surface area (TPSA) is 62.5 Å². The van der Waals surface area contributed by atoms with Crippen molar-refractivity contribution in [1.29, 1.82) is 0 Å². The Morgan fingerprint density at radius 2 is 1.71 bits per heavy atom. The highest BCUT2D eigenvalue weighted by Gasteiger charge is 2.30. The standard InChI is InChI=1S/C19H14ClF3N2O3/c1-24-16(25(2)18(27)28)15(10-3-5-11(6-4-10)19(21,22)23)14-9-12(20)7-8-13(14)17(24)26/h3-9H,1-2H3,(H,27,28). The van der Waals surface area contributed by atoms with Gasteiger partial charge in [-0.05, 0) is 35.9 Å². The Balaban J connectivity index is 2.43. The average Bonchev–Trinajstić information content (AvgIpc) is 2.63. The summed E-state index contributed by atoms with van der Waals surface area (Å²) in [5.41, 5.74) is -0.681. The maximum Gasteiger partial charge on any atom is 0.416 e. The van der Waals surface area contributed by atoms with Gasteiger partial charge in [0.2, 0.25) is 0 Å². The normalized spacial score (nSPS) is 11.6. The molecule has 1 N–H and O–H groups in total. The van der Waals surface area contributed by atoms with E-state index in [1.165, 1.54) is 44.4 Å². The van der Waals surface area contributed by atoms with Crippen molar-refractivity contribution in [1.82, 2.24) is 4.57 Å². The van der Waals surface area contributed by atoms with Crippen LogP contribution < -0.4 is 10.5 Å². The zero-order valence-corrected chi connectivity index (χ0v) is 15.5. The summed E-state index contributed by atoms with van der Waals surface area (Å²) in [4.78, 5) is 25.1. The lowest BCUT2D eigenvalue weighted by Gasteiger charge is -2.23. The molecule has 0 bridgehead atoms. The number of aromatic nitrogens is 1. The van der Waals surface area contributed by atoms with Gasteiger partial charge in [-0.2, -0.15) is 13.2 Å². The number of carbonyl (C=O) groups is 1. The third kappa shape index (κ3) is 3.31. The lowest BCUT2D eigenvalue weighted by molar-refractivity contribution is -0.137. The molecule has 0 radical (unpaired) electrons. The number of alkyl halides is 3. The Hall–Kier alpha value is -3.00. The highest BCUT2D eigenvalue weighted by atomic mass is 35.5. The minimum Gasteiger partial charge on any atom is -0.465 e. The molecule has 5 nitrogen and oxygen atoms in total. The van der Waals surface area contributed by atoms with E-state index in [0.29, 0.717) is 21.5 Å². The number of amides is 1. The Kier molecular flexibility index (Phi) is 4.84. The summed E-state index contributed by atoms with van der Waals surface area (Å²) in [5, 5.41) is 10.4. The number of rotatable bonds is 2. The van der Waals surface area contributed by atoms with Crippen LogP contribution >= 0.6 is 11.6 Å². The summed E-state index contributed by atoms with van der Waals surface area (Å²) in [6, 6.07) is 8.79. The maximum atomic E-state index is 12.9. The second-order valence-corrected chi connectivity index (χ2v) is 6.61. The molecule has 0 unspecified atom stereocenters. The molecule has 0 aliphatic carbocycles. The van der Waals surface area contributed by atoms with E-state index in [2.05, 4.69) is 0 Å². The van der Waals surface area contributed by atoms with Gasteiger partial charge in [-0.15, -0.1) is 0 Å². The van der Waals surface area contributed by atoms with Crippen LogP contribution in [0.3, 0.4) is 0 Å². The number of carboxylic acid groups (broad SMARTS) is 1. The molecule has 0 aliphatic rings. The molecule has 1 amide bonds. The van der Waals surface area contributed by atoms with Gasteiger partial charge in [0.15, 0.2) is 0 Å². The smallest absolute Gasteiger partial charge is 0.416 e. The van der Waals surface area contributed by atoms with Crippen molar-refractivity contribution in [3.8, 4) is 11.1 Å². The Labute approximate surface area is 162 Å². The van der Waals surface area contributed by atoms with E-state index in [1.54, 1.807) is 0 Å². The Morgan fingerprint density at radius 1 is 1.11 bits per heavy atom. The summed E-state index contributed by atoms with van der Waals surface area (Å²) in [6.45, 7) is 0. The quantitative estimate of drug-likeness (QED) is 0.647. The Morgan fingerprint density at radius 3 is 2.25 bits per heavy atom. The van der Waals surface area contributed by atoms with E-state index in [0.717, 1.165) is 21.6 Å². The van der Waals surface area contributed by atoms with Crippen molar-refractivity contribution in [2.45, 2.75) is 6.18 Å². The number of benzene rings is 2. The molecule has 0 saturated carbocycles. The van der Waals surface area contributed by atoms with E-state index in [9.17, 15) is 27.9 Å². The predicted octanol–water partition coefficient (Wildman–Crippen LogP) is 4.99. The lowest BCUT2D eigenvalue weighted by Crippen LogP contribution is -2.32. The van der Waals surface area contributed by atoms with Crippen molar-refractivity contribution >= 4 is 34.3 Å². The van der Waals surface area contributed by atoms with Crippen molar-refractivity contribution in [2.75, 3.05) is 11.9 Å². The fourth-order valence-corrected chi connectivity index (χ4v) is 3.24. The summed E-state index contributed by atoms with van der Waals surface area (Å²) in [5.74, 6) is 0.0204. The van der Waals surface area contributed by atoms with Gasteiger partial charge >= 0.3 is 12.3 Å². The van der Waals surface area contributed by atoms with E-state index in [1.807, 2.05) is 0 Å². The first-order valence-corrected chi connectivity index (χ1v) is 8.36. The Bertz CT molecular complexity index is 1140. The number of hydrogen-bond donors (Lipinski definition) is 1. The van der Waals surface area contributed by atoms with Gasteiger partial charge in [0, 0.05) is 35.5 Å². The van der Waals surface area contributed by atoms with Crippen LogP contribution in [0.15, 0.2) is 47.3 Å². The first-order valence-electron chi connectivity index (χ1n) is 7.99. The van der Waals surface area contributed by atoms with Crippen LogP contribution in [-0.2, 0) is 13.2 Å². The second-order valence-electron chi connectivity index (χ2n) is 6.17.